The SMILES string of the molecule is Cc1ccc(OC(C)C(=O)NC2(CC(=O)O)CCC2)cc1. The van der Waals surface area contributed by atoms with Crippen LogP contribution >= 0.6 is 0 Å². The summed E-state index contributed by atoms with van der Waals surface area (Å²) in [7, 11) is 0. The number of benzene rings is 1. The quantitative estimate of drug-likeness (QED) is 0.843. The maximum Gasteiger partial charge on any atom is 0.305 e. The zero-order valence-corrected chi connectivity index (χ0v) is 12.4. The number of carboxylic acids is 1. The molecule has 1 saturated carbocycles. The summed E-state index contributed by atoms with van der Waals surface area (Å²) in [5.41, 5.74) is 0.530. The molecule has 21 heavy (non-hydrogen) atoms. The van der Waals surface area contributed by atoms with Crippen LogP contribution in [0.3, 0.4) is 0 Å². The molecule has 0 radical (unpaired) electrons. The molecule has 1 amide bonds. The lowest BCUT2D eigenvalue weighted by Gasteiger charge is -2.42. The smallest absolute Gasteiger partial charge is 0.305 e. The second-order valence-corrected chi connectivity index (χ2v) is 5.77. The minimum Gasteiger partial charge on any atom is -0.481 e. The number of rotatable bonds is 6. The van der Waals surface area contributed by atoms with Crippen molar-refractivity contribution >= 4 is 11.9 Å². The molecule has 1 aliphatic rings. The molecule has 2 N–H and O–H groups in total. The lowest BCUT2D eigenvalue weighted by atomic mass is 9.74. The predicted octanol–water partition coefficient (Wildman–Crippen LogP) is 2.28. The second kappa shape index (κ2) is 6.16. The molecule has 1 unspecified atom stereocenters. The highest BCUT2D eigenvalue weighted by molar-refractivity contribution is 5.82. The van der Waals surface area contributed by atoms with E-state index in [9.17, 15) is 9.59 Å². The molecule has 1 fully saturated rings. The molecule has 0 heterocycles. The van der Waals surface area contributed by atoms with E-state index in [1.807, 2.05) is 31.2 Å². The number of hydrogen-bond donors (Lipinski definition) is 2. The Labute approximate surface area is 124 Å². The van der Waals surface area contributed by atoms with Crippen LogP contribution in [0.4, 0.5) is 0 Å². The summed E-state index contributed by atoms with van der Waals surface area (Å²) in [6, 6.07) is 7.46. The molecule has 2 rings (SSSR count). The zero-order chi connectivity index (χ0) is 15.5. The van der Waals surface area contributed by atoms with Crippen molar-refractivity contribution in [2.24, 2.45) is 0 Å². The molecule has 5 nitrogen and oxygen atoms in total. The molecule has 0 aliphatic heterocycles. The van der Waals surface area contributed by atoms with Crippen LogP contribution in [0.15, 0.2) is 24.3 Å². The van der Waals surface area contributed by atoms with Gasteiger partial charge in [-0.25, -0.2) is 0 Å². The van der Waals surface area contributed by atoms with E-state index < -0.39 is 17.6 Å². The number of aliphatic carboxylic acids is 1. The number of aryl methyl sites for hydroxylation is 1. The van der Waals surface area contributed by atoms with Crippen LogP contribution in [0.25, 0.3) is 0 Å². The van der Waals surface area contributed by atoms with E-state index in [0.717, 1.165) is 12.0 Å². The highest BCUT2D eigenvalue weighted by atomic mass is 16.5. The lowest BCUT2D eigenvalue weighted by molar-refractivity contribution is -0.141. The van der Waals surface area contributed by atoms with E-state index in [-0.39, 0.29) is 12.3 Å². The predicted molar refractivity (Wildman–Crippen MR) is 78.2 cm³/mol. The standard InChI is InChI=1S/C16H21NO4/c1-11-4-6-13(7-5-11)21-12(2)15(20)17-16(8-3-9-16)10-14(18)19/h4-7,12H,3,8-10H2,1-2H3,(H,17,20)(H,18,19). The van der Waals surface area contributed by atoms with Crippen molar-refractivity contribution in [1.29, 1.82) is 0 Å². The van der Waals surface area contributed by atoms with Crippen molar-refractivity contribution in [2.75, 3.05) is 0 Å². The second-order valence-electron chi connectivity index (χ2n) is 5.77. The fourth-order valence-electron chi connectivity index (χ4n) is 2.48. The molecule has 1 aliphatic carbocycles. The van der Waals surface area contributed by atoms with E-state index in [0.29, 0.717) is 18.6 Å². The normalized spacial score (nSPS) is 17.4. The van der Waals surface area contributed by atoms with Crippen LogP contribution in [-0.2, 0) is 9.59 Å². The van der Waals surface area contributed by atoms with Gasteiger partial charge in [0.05, 0.1) is 12.0 Å². The molecule has 114 valence electrons. The highest BCUT2D eigenvalue weighted by Crippen LogP contribution is 2.35. The molecule has 1 aromatic carbocycles. The molecule has 0 bridgehead atoms. The number of hydrogen-bond acceptors (Lipinski definition) is 3. The average molecular weight is 291 g/mol. The first-order chi connectivity index (χ1) is 9.90. The molecule has 5 heteroatoms. The van der Waals surface area contributed by atoms with Gasteiger partial charge in [0.25, 0.3) is 5.91 Å². The Kier molecular flexibility index (Phi) is 4.50. The number of nitrogens with one attached hydrogen (secondary N) is 1. The van der Waals surface area contributed by atoms with E-state index in [4.69, 9.17) is 9.84 Å². The number of carbonyl (C=O) groups is 2. The Morgan fingerprint density at radius 2 is 1.95 bits per heavy atom. The van der Waals surface area contributed by atoms with E-state index in [1.54, 1.807) is 6.92 Å². The average Bonchev–Trinajstić information content (AvgIpc) is 2.38. The minimum absolute atomic E-state index is 0.0318. The Morgan fingerprint density at radius 3 is 2.43 bits per heavy atom. The van der Waals surface area contributed by atoms with E-state index in [1.165, 1.54) is 0 Å². The van der Waals surface area contributed by atoms with Gasteiger partial charge in [-0.3, -0.25) is 9.59 Å². The monoisotopic (exact) mass is 291 g/mol. The summed E-state index contributed by atoms with van der Waals surface area (Å²) in [4.78, 5) is 23.1. The van der Waals surface area contributed by atoms with Crippen molar-refractivity contribution in [3.8, 4) is 5.75 Å². The molecule has 0 aromatic heterocycles. The summed E-state index contributed by atoms with van der Waals surface area (Å²) in [6.45, 7) is 3.65. The van der Waals surface area contributed by atoms with Crippen LogP contribution in [0.1, 0.15) is 38.2 Å². The van der Waals surface area contributed by atoms with Gasteiger partial charge in [0.1, 0.15) is 5.75 Å². The van der Waals surface area contributed by atoms with E-state index >= 15 is 0 Å². The minimum atomic E-state index is -0.887. The van der Waals surface area contributed by atoms with Gasteiger partial charge in [-0.15, -0.1) is 0 Å². The summed E-state index contributed by atoms with van der Waals surface area (Å²) >= 11 is 0. The van der Waals surface area contributed by atoms with Gasteiger partial charge in [0.2, 0.25) is 0 Å². The van der Waals surface area contributed by atoms with Gasteiger partial charge in [0, 0.05) is 0 Å². The van der Waals surface area contributed by atoms with Gasteiger partial charge in [0.15, 0.2) is 6.10 Å². The topological polar surface area (TPSA) is 75.6 Å². The van der Waals surface area contributed by atoms with Gasteiger partial charge in [-0.05, 0) is 45.2 Å². The molecule has 1 aromatic rings. The Balaban J connectivity index is 1.92. The summed E-state index contributed by atoms with van der Waals surface area (Å²) in [6.07, 6.45) is 1.68. The van der Waals surface area contributed by atoms with Crippen LogP contribution in [0, 0.1) is 6.92 Å². The lowest BCUT2D eigenvalue weighted by Crippen LogP contribution is -2.57. The fourth-order valence-corrected chi connectivity index (χ4v) is 2.48. The fraction of sp³-hybridized carbons (Fsp3) is 0.500. The maximum absolute atomic E-state index is 12.2. The molecular weight excluding hydrogens is 270 g/mol. The molecule has 1 atom stereocenters. The van der Waals surface area contributed by atoms with Crippen molar-refractivity contribution in [3.63, 3.8) is 0 Å². The molecule has 0 spiro atoms. The first-order valence-corrected chi connectivity index (χ1v) is 7.17. The van der Waals surface area contributed by atoms with Gasteiger partial charge >= 0.3 is 5.97 Å². The van der Waals surface area contributed by atoms with Crippen molar-refractivity contribution in [1.82, 2.24) is 5.32 Å². The zero-order valence-electron chi connectivity index (χ0n) is 12.4. The maximum atomic E-state index is 12.2. The first kappa shape index (κ1) is 15.4. The van der Waals surface area contributed by atoms with Crippen LogP contribution < -0.4 is 10.1 Å². The molecule has 0 saturated heterocycles. The van der Waals surface area contributed by atoms with Crippen molar-refractivity contribution in [3.05, 3.63) is 29.8 Å². The van der Waals surface area contributed by atoms with E-state index in [2.05, 4.69) is 5.32 Å². The van der Waals surface area contributed by atoms with Crippen LogP contribution in [0.5, 0.6) is 5.75 Å². The number of carboxylic acid groups (broad SMARTS) is 1. The third kappa shape index (κ3) is 3.97. The van der Waals surface area contributed by atoms with Gasteiger partial charge in [-0.2, -0.15) is 0 Å². The third-order valence-corrected chi connectivity index (χ3v) is 3.89. The first-order valence-electron chi connectivity index (χ1n) is 7.17. The largest absolute Gasteiger partial charge is 0.481 e. The summed E-state index contributed by atoms with van der Waals surface area (Å²) in [5.74, 6) is -0.525. The Morgan fingerprint density at radius 1 is 1.33 bits per heavy atom. The summed E-state index contributed by atoms with van der Waals surface area (Å²) in [5, 5.41) is 11.8. The number of amides is 1. The summed E-state index contributed by atoms with van der Waals surface area (Å²) < 4.78 is 5.59. The van der Waals surface area contributed by atoms with Crippen molar-refractivity contribution < 1.29 is 19.4 Å². The van der Waals surface area contributed by atoms with Crippen LogP contribution in [-0.4, -0.2) is 28.6 Å². The Bertz CT molecular complexity index is 520. The third-order valence-electron chi connectivity index (χ3n) is 3.89. The van der Waals surface area contributed by atoms with Crippen LogP contribution in [0.2, 0.25) is 0 Å². The molecular formula is C16H21NO4. The number of ether oxygens (including phenoxy) is 1. The Hall–Kier alpha value is -2.04. The van der Waals surface area contributed by atoms with Gasteiger partial charge in [-0.1, -0.05) is 17.7 Å². The van der Waals surface area contributed by atoms with Gasteiger partial charge < -0.3 is 15.2 Å². The highest BCUT2D eigenvalue weighted by Gasteiger charge is 2.41. The number of carbonyl (C=O) groups excluding carboxylic acids is 1. The van der Waals surface area contributed by atoms with Crippen molar-refractivity contribution in [2.45, 2.75) is 51.2 Å².